The highest BCUT2D eigenvalue weighted by Crippen LogP contribution is 2.12. The summed E-state index contributed by atoms with van der Waals surface area (Å²) < 4.78 is 1.77. The smallest absolute Gasteiger partial charge is 0.335 e. The van der Waals surface area contributed by atoms with Crippen LogP contribution in [0.4, 0.5) is 0 Å². The number of carbonyl (C=O) groups excluding carboxylic acids is 1. The first-order valence-corrected chi connectivity index (χ1v) is 7.61. The van der Waals surface area contributed by atoms with E-state index in [1.54, 1.807) is 41.1 Å². The van der Waals surface area contributed by atoms with Crippen molar-refractivity contribution in [1.29, 1.82) is 0 Å². The number of carboxylic acids is 1. The second-order valence-corrected chi connectivity index (χ2v) is 5.74. The first kappa shape index (κ1) is 16.0. The van der Waals surface area contributed by atoms with Gasteiger partial charge in [-0.25, -0.2) is 9.78 Å². The van der Waals surface area contributed by atoms with Crippen LogP contribution < -0.4 is 5.32 Å². The maximum atomic E-state index is 12.0. The average molecular weight is 344 g/mol. The maximum absolute atomic E-state index is 12.0. The lowest BCUT2D eigenvalue weighted by Gasteiger charge is -2.04. The Kier molecular flexibility index (Phi) is 4.48. The summed E-state index contributed by atoms with van der Waals surface area (Å²) in [5.74, 6) is -1.13. The zero-order chi connectivity index (χ0) is 17.1. The Labute approximate surface area is 142 Å². The average Bonchev–Trinajstić information content (AvgIpc) is 2.94. The van der Waals surface area contributed by atoms with Gasteiger partial charge < -0.3 is 14.8 Å². The molecule has 0 unspecified atom stereocenters. The van der Waals surface area contributed by atoms with E-state index < -0.39 is 5.97 Å². The van der Waals surface area contributed by atoms with Crippen molar-refractivity contribution in [2.24, 2.45) is 0 Å². The highest BCUT2D eigenvalue weighted by molar-refractivity contribution is 6.30. The third kappa shape index (κ3) is 3.72. The van der Waals surface area contributed by atoms with E-state index in [2.05, 4.69) is 10.3 Å². The van der Waals surface area contributed by atoms with Crippen molar-refractivity contribution in [2.75, 3.05) is 0 Å². The van der Waals surface area contributed by atoms with Crippen LogP contribution in [0.25, 0.3) is 5.65 Å². The number of halogens is 1. The molecule has 0 spiro atoms. The van der Waals surface area contributed by atoms with Crippen LogP contribution in [0.2, 0.25) is 5.02 Å². The molecule has 2 heterocycles. The zero-order valence-electron chi connectivity index (χ0n) is 12.6. The predicted octanol–water partition coefficient (Wildman–Crippen LogP) is 2.54. The van der Waals surface area contributed by atoms with Crippen molar-refractivity contribution in [3.05, 3.63) is 70.6 Å². The van der Waals surface area contributed by atoms with Gasteiger partial charge in [0.1, 0.15) is 5.65 Å². The molecule has 0 aliphatic rings. The summed E-state index contributed by atoms with van der Waals surface area (Å²) in [6, 6.07) is 9.90. The number of rotatable bonds is 5. The van der Waals surface area contributed by atoms with Crippen LogP contribution in [0.15, 0.2) is 48.8 Å². The number of nitrogens with one attached hydrogen (secondary N) is 1. The van der Waals surface area contributed by atoms with Gasteiger partial charge in [-0.05, 0) is 29.8 Å². The van der Waals surface area contributed by atoms with Crippen molar-refractivity contribution in [3.63, 3.8) is 0 Å². The minimum atomic E-state index is -0.975. The molecule has 2 N–H and O–H groups in total. The minimum absolute atomic E-state index is 0.159. The minimum Gasteiger partial charge on any atom is -0.478 e. The molecule has 2 aromatic heterocycles. The summed E-state index contributed by atoms with van der Waals surface area (Å²) in [6.45, 7) is 0.331. The summed E-state index contributed by atoms with van der Waals surface area (Å²) in [7, 11) is 0. The highest BCUT2D eigenvalue weighted by Gasteiger charge is 2.08. The number of aromatic carboxylic acids is 1. The second kappa shape index (κ2) is 6.72. The Morgan fingerprint density at radius 1 is 1.12 bits per heavy atom. The zero-order valence-corrected chi connectivity index (χ0v) is 13.3. The number of fused-ring (bicyclic) bond motifs is 1. The SMILES string of the molecule is O=C(Cc1cn2cc(Cl)ccc2n1)NCc1ccc(C(=O)O)cc1. The van der Waals surface area contributed by atoms with Crippen molar-refractivity contribution in [2.45, 2.75) is 13.0 Å². The summed E-state index contributed by atoms with van der Waals surface area (Å²) in [4.78, 5) is 27.2. The van der Waals surface area contributed by atoms with Crippen molar-refractivity contribution >= 4 is 29.1 Å². The molecule has 6 nitrogen and oxygen atoms in total. The lowest BCUT2D eigenvalue weighted by atomic mass is 10.1. The van der Waals surface area contributed by atoms with Crippen LogP contribution in [0.3, 0.4) is 0 Å². The number of benzene rings is 1. The molecular formula is C17H14ClN3O3. The summed E-state index contributed by atoms with van der Waals surface area (Å²) >= 11 is 5.92. The van der Waals surface area contributed by atoms with Crippen LogP contribution in [-0.4, -0.2) is 26.4 Å². The van der Waals surface area contributed by atoms with E-state index in [4.69, 9.17) is 16.7 Å². The fraction of sp³-hybridized carbons (Fsp3) is 0.118. The summed E-state index contributed by atoms with van der Waals surface area (Å²) in [5.41, 5.74) is 2.42. The van der Waals surface area contributed by atoms with Crippen LogP contribution >= 0.6 is 11.6 Å². The molecule has 1 aromatic carbocycles. The largest absolute Gasteiger partial charge is 0.478 e. The van der Waals surface area contributed by atoms with E-state index >= 15 is 0 Å². The molecule has 1 amide bonds. The molecule has 0 bridgehead atoms. The lowest BCUT2D eigenvalue weighted by molar-refractivity contribution is -0.120. The standard InChI is InChI=1S/C17H14ClN3O3/c18-13-5-6-15-20-14(10-21(15)9-13)7-16(22)19-8-11-1-3-12(4-2-11)17(23)24/h1-6,9-10H,7-8H2,(H,19,22)(H,23,24). The van der Waals surface area contributed by atoms with Crippen LogP contribution in [-0.2, 0) is 17.8 Å². The number of hydrogen-bond acceptors (Lipinski definition) is 3. The first-order valence-electron chi connectivity index (χ1n) is 7.23. The molecule has 0 fully saturated rings. The van der Waals surface area contributed by atoms with Gasteiger partial charge in [-0.3, -0.25) is 4.79 Å². The number of imidazole rings is 1. The van der Waals surface area contributed by atoms with Gasteiger partial charge in [0.15, 0.2) is 0 Å². The first-order chi connectivity index (χ1) is 11.5. The quantitative estimate of drug-likeness (QED) is 0.745. The molecular weight excluding hydrogens is 330 g/mol. The topological polar surface area (TPSA) is 83.7 Å². The molecule has 0 atom stereocenters. The fourth-order valence-corrected chi connectivity index (χ4v) is 2.46. The predicted molar refractivity (Wildman–Crippen MR) is 89.2 cm³/mol. The van der Waals surface area contributed by atoms with Crippen LogP contribution in [0.5, 0.6) is 0 Å². The van der Waals surface area contributed by atoms with Gasteiger partial charge >= 0.3 is 5.97 Å². The molecule has 3 rings (SSSR count). The van der Waals surface area contributed by atoms with Crippen molar-refractivity contribution < 1.29 is 14.7 Å². The van der Waals surface area contributed by atoms with Gasteiger partial charge in [-0.1, -0.05) is 23.7 Å². The van der Waals surface area contributed by atoms with Gasteiger partial charge in [-0.15, -0.1) is 0 Å². The third-order valence-corrected chi connectivity index (χ3v) is 3.72. The number of aromatic nitrogens is 2. The number of nitrogens with zero attached hydrogens (tertiary/aromatic N) is 2. The maximum Gasteiger partial charge on any atom is 0.335 e. The van der Waals surface area contributed by atoms with E-state index in [1.807, 2.05) is 0 Å². The number of amides is 1. The molecule has 7 heteroatoms. The van der Waals surface area contributed by atoms with E-state index in [0.29, 0.717) is 17.3 Å². The van der Waals surface area contributed by atoms with Gasteiger partial charge in [0.05, 0.1) is 22.7 Å². The molecule has 24 heavy (non-hydrogen) atoms. The van der Waals surface area contributed by atoms with E-state index in [-0.39, 0.29) is 17.9 Å². The molecule has 0 saturated carbocycles. The third-order valence-electron chi connectivity index (χ3n) is 3.50. The number of carbonyl (C=O) groups is 2. The fourth-order valence-electron chi connectivity index (χ4n) is 2.30. The van der Waals surface area contributed by atoms with Gasteiger partial charge in [0, 0.05) is 18.9 Å². The monoisotopic (exact) mass is 343 g/mol. The Hall–Kier alpha value is -2.86. The van der Waals surface area contributed by atoms with Crippen LogP contribution in [0.1, 0.15) is 21.6 Å². The molecule has 0 radical (unpaired) electrons. The Balaban J connectivity index is 1.59. The Bertz CT molecular complexity index is 903. The number of carboxylic acid groups (broad SMARTS) is 1. The van der Waals surface area contributed by atoms with Gasteiger partial charge in [-0.2, -0.15) is 0 Å². The van der Waals surface area contributed by atoms with Gasteiger partial charge in [0.2, 0.25) is 5.91 Å². The molecule has 0 aliphatic carbocycles. The normalized spacial score (nSPS) is 10.7. The number of pyridine rings is 1. The summed E-state index contributed by atoms with van der Waals surface area (Å²) in [5, 5.41) is 12.2. The Morgan fingerprint density at radius 3 is 2.58 bits per heavy atom. The van der Waals surface area contributed by atoms with E-state index in [0.717, 1.165) is 11.2 Å². The highest BCUT2D eigenvalue weighted by atomic mass is 35.5. The lowest BCUT2D eigenvalue weighted by Crippen LogP contribution is -2.24. The Morgan fingerprint density at radius 2 is 1.88 bits per heavy atom. The van der Waals surface area contributed by atoms with Crippen LogP contribution in [0, 0.1) is 0 Å². The molecule has 0 saturated heterocycles. The molecule has 3 aromatic rings. The van der Waals surface area contributed by atoms with Gasteiger partial charge in [0.25, 0.3) is 0 Å². The van der Waals surface area contributed by atoms with E-state index in [1.165, 1.54) is 12.1 Å². The summed E-state index contributed by atoms with van der Waals surface area (Å²) in [6.07, 6.45) is 3.66. The molecule has 122 valence electrons. The number of hydrogen-bond donors (Lipinski definition) is 2. The van der Waals surface area contributed by atoms with Crippen molar-refractivity contribution in [1.82, 2.24) is 14.7 Å². The van der Waals surface area contributed by atoms with E-state index in [9.17, 15) is 9.59 Å². The second-order valence-electron chi connectivity index (χ2n) is 5.30. The van der Waals surface area contributed by atoms with Crippen molar-refractivity contribution in [3.8, 4) is 0 Å². The molecule has 0 aliphatic heterocycles.